The molecule has 0 aromatic rings. The summed E-state index contributed by atoms with van der Waals surface area (Å²) >= 11 is 0. The first-order valence-corrected chi connectivity index (χ1v) is 6.52. The molecule has 0 aliphatic heterocycles. The van der Waals surface area contributed by atoms with Crippen molar-refractivity contribution in [3.8, 4) is 0 Å². The molecular formula is C14H24O2. The zero-order valence-electron chi connectivity index (χ0n) is 11.1. The molecule has 0 aromatic carbocycles. The highest BCUT2D eigenvalue weighted by Crippen LogP contribution is 2.55. The van der Waals surface area contributed by atoms with Crippen molar-refractivity contribution in [2.24, 2.45) is 29.6 Å². The van der Waals surface area contributed by atoms with E-state index in [4.69, 9.17) is 4.74 Å². The van der Waals surface area contributed by atoms with E-state index in [1.165, 1.54) is 12.8 Å². The quantitative estimate of drug-likeness (QED) is 0.639. The minimum absolute atomic E-state index is 0.0411. The first kappa shape index (κ1) is 11.9. The molecule has 0 radical (unpaired) electrons. The molecule has 0 spiro atoms. The third-order valence-corrected chi connectivity index (χ3v) is 4.41. The molecule has 2 nitrogen and oxygen atoms in total. The standard InChI is InChI=1S/C14H24O2/c1-8-6-10-7-11(8)9(2)12(10)13(15)16-14(3,4)5/h8-12H,6-7H2,1-5H3. The van der Waals surface area contributed by atoms with Crippen LogP contribution in [0.3, 0.4) is 0 Å². The fourth-order valence-corrected chi connectivity index (χ4v) is 3.83. The van der Waals surface area contributed by atoms with Gasteiger partial charge in [0.2, 0.25) is 0 Å². The van der Waals surface area contributed by atoms with Crippen LogP contribution in [0.1, 0.15) is 47.5 Å². The minimum Gasteiger partial charge on any atom is -0.460 e. The number of hydrogen-bond donors (Lipinski definition) is 0. The van der Waals surface area contributed by atoms with Gasteiger partial charge in [-0.15, -0.1) is 0 Å². The zero-order chi connectivity index (χ0) is 12.1. The highest BCUT2D eigenvalue weighted by atomic mass is 16.6. The van der Waals surface area contributed by atoms with E-state index < -0.39 is 0 Å². The topological polar surface area (TPSA) is 26.3 Å². The molecule has 2 bridgehead atoms. The average Bonchev–Trinajstić information content (AvgIpc) is 2.56. The Morgan fingerprint density at radius 3 is 2.25 bits per heavy atom. The second kappa shape index (κ2) is 3.75. The Labute approximate surface area is 98.7 Å². The van der Waals surface area contributed by atoms with Crippen LogP contribution in [0, 0.1) is 29.6 Å². The minimum atomic E-state index is -0.343. The molecule has 2 saturated carbocycles. The molecule has 5 atom stereocenters. The molecule has 0 N–H and O–H groups in total. The lowest BCUT2D eigenvalue weighted by molar-refractivity contribution is -0.164. The largest absolute Gasteiger partial charge is 0.460 e. The van der Waals surface area contributed by atoms with E-state index in [1.807, 2.05) is 20.8 Å². The molecule has 5 unspecified atom stereocenters. The van der Waals surface area contributed by atoms with Crippen LogP contribution in [0.5, 0.6) is 0 Å². The second-order valence-electron chi connectivity index (χ2n) is 6.79. The molecule has 0 aromatic heterocycles. The maximum Gasteiger partial charge on any atom is 0.310 e. The van der Waals surface area contributed by atoms with Gasteiger partial charge < -0.3 is 4.74 Å². The molecule has 2 aliphatic carbocycles. The first-order valence-electron chi connectivity index (χ1n) is 6.52. The maximum absolute atomic E-state index is 12.1. The lowest BCUT2D eigenvalue weighted by Gasteiger charge is -2.32. The van der Waals surface area contributed by atoms with E-state index in [1.54, 1.807) is 0 Å². The Kier molecular flexibility index (Phi) is 2.80. The predicted molar refractivity (Wildman–Crippen MR) is 63.9 cm³/mol. The van der Waals surface area contributed by atoms with Crippen LogP contribution < -0.4 is 0 Å². The first-order chi connectivity index (χ1) is 7.29. The maximum atomic E-state index is 12.1. The van der Waals surface area contributed by atoms with Gasteiger partial charge in [0.05, 0.1) is 5.92 Å². The summed E-state index contributed by atoms with van der Waals surface area (Å²) in [5.41, 5.74) is -0.343. The molecule has 92 valence electrons. The third kappa shape index (κ3) is 1.99. The van der Waals surface area contributed by atoms with Crippen LogP contribution in [0.2, 0.25) is 0 Å². The Morgan fingerprint density at radius 2 is 1.81 bits per heavy atom. The van der Waals surface area contributed by atoms with Crippen LogP contribution in [0.25, 0.3) is 0 Å². The lowest BCUT2D eigenvalue weighted by Crippen LogP contribution is -2.36. The Balaban J connectivity index is 2.04. The normalized spacial score (nSPS) is 42.4. The molecule has 2 fully saturated rings. The van der Waals surface area contributed by atoms with Gasteiger partial charge >= 0.3 is 5.97 Å². The van der Waals surface area contributed by atoms with Gasteiger partial charge in [-0.1, -0.05) is 13.8 Å². The number of carbonyl (C=O) groups is 1. The van der Waals surface area contributed by atoms with Gasteiger partial charge in [0.15, 0.2) is 0 Å². The molecule has 16 heavy (non-hydrogen) atoms. The summed E-state index contributed by atoms with van der Waals surface area (Å²) in [5.74, 6) is 2.87. The van der Waals surface area contributed by atoms with Crippen molar-refractivity contribution >= 4 is 5.97 Å². The predicted octanol–water partition coefficient (Wildman–Crippen LogP) is 3.26. The van der Waals surface area contributed by atoms with Crippen molar-refractivity contribution in [2.75, 3.05) is 0 Å². The SMILES string of the molecule is CC1CC2CC1C(C)C2C(=O)OC(C)(C)C. The number of fused-ring (bicyclic) bond motifs is 2. The summed E-state index contributed by atoms with van der Waals surface area (Å²) < 4.78 is 5.54. The zero-order valence-corrected chi connectivity index (χ0v) is 11.1. The van der Waals surface area contributed by atoms with E-state index in [2.05, 4.69) is 13.8 Å². The number of ether oxygens (including phenoxy) is 1. The van der Waals surface area contributed by atoms with Gasteiger partial charge in [-0.2, -0.15) is 0 Å². The Morgan fingerprint density at radius 1 is 1.19 bits per heavy atom. The fourth-order valence-electron chi connectivity index (χ4n) is 3.83. The lowest BCUT2D eigenvalue weighted by atomic mass is 9.75. The summed E-state index contributed by atoms with van der Waals surface area (Å²) in [5, 5.41) is 0. The van der Waals surface area contributed by atoms with Crippen molar-refractivity contribution < 1.29 is 9.53 Å². The third-order valence-electron chi connectivity index (χ3n) is 4.41. The van der Waals surface area contributed by atoms with Crippen molar-refractivity contribution in [3.63, 3.8) is 0 Å². The summed E-state index contributed by atoms with van der Waals surface area (Å²) in [6.07, 6.45) is 2.46. The van der Waals surface area contributed by atoms with Crippen LogP contribution in [0.15, 0.2) is 0 Å². The number of esters is 1. The number of hydrogen-bond acceptors (Lipinski definition) is 2. The molecule has 2 rings (SSSR count). The van der Waals surface area contributed by atoms with E-state index >= 15 is 0 Å². The summed E-state index contributed by atoms with van der Waals surface area (Å²) in [7, 11) is 0. The van der Waals surface area contributed by atoms with Crippen molar-refractivity contribution in [1.82, 2.24) is 0 Å². The van der Waals surface area contributed by atoms with E-state index in [9.17, 15) is 4.79 Å². The second-order valence-corrected chi connectivity index (χ2v) is 6.79. The number of rotatable bonds is 1. The monoisotopic (exact) mass is 224 g/mol. The Bertz CT molecular complexity index is 288. The van der Waals surface area contributed by atoms with Gasteiger partial charge in [-0.3, -0.25) is 4.79 Å². The smallest absolute Gasteiger partial charge is 0.310 e. The van der Waals surface area contributed by atoms with Crippen molar-refractivity contribution in [1.29, 1.82) is 0 Å². The van der Waals surface area contributed by atoms with Gasteiger partial charge in [-0.25, -0.2) is 0 Å². The van der Waals surface area contributed by atoms with Gasteiger partial charge in [0, 0.05) is 0 Å². The van der Waals surface area contributed by atoms with E-state index in [0.29, 0.717) is 11.8 Å². The fraction of sp³-hybridized carbons (Fsp3) is 0.929. The molecule has 0 heterocycles. The van der Waals surface area contributed by atoms with Crippen molar-refractivity contribution in [3.05, 3.63) is 0 Å². The van der Waals surface area contributed by atoms with Gasteiger partial charge in [0.25, 0.3) is 0 Å². The van der Waals surface area contributed by atoms with Gasteiger partial charge in [0.1, 0.15) is 5.60 Å². The van der Waals surface area contributed by atoms with E-state index in [0.717, 1.165) is 11.8 Å². The summed E-state index contributed by atoms with van der Waals surface area (Å²) in [6.45, 7) is 10.4. The van der Waals surface area contributed by atoms with Crippen LogP contribution >= 0.6 is 0 Å². The average molecular weight is 224 g/mol. The molecule has 0 amide bonds. The molecule has 2 heteroatoms. The molecule has 2 aliphatic rings. The number of carbonyl (C=O) groups excluding carboxylic acids is 1. The Hall–Kier alpha value is -0.530. The highest BCUT2D eigenvalue weighted by Gasteiger charge is 2.52. The van der Waals surface area contributed by atoms with Crippen molar-refractivity contribution in [2.45, 2.75) is 53.1 Å². The van der Waals surface area contributed by atoms with Crippen LogP contribution in [0.4, 0.5) is 0 Å². The van der Waals surface area contributed by atoms with Crippen LogP contribution in [-0.2, 0) is 9.53 Å². The van der Waals surface area contributed by atoms with E-state index in [-0.39, 0.29) is 17.5 Å². The molecular weight excluding hydrogens is 200 g/mol. The summed E-state index contributed by atoms with van der Waals surface area (Å²) in [4.78, 5) is 12.1. The summed E-state index contributed by atoms with van der Waals surface area (Å²) in [6, 6.07) is 0. The highest BCUT2D eigenvalue weighted by molar-refractivity contribution is 5.74. The van der Waals surface area contributed by atoms with Gasteiger partial charge in [-0.05, 0) is 57.3 Å². The van der Waals surface area contributed by atoms with Crippen LogP contribution in [-0.4, -0.2) is 11.6 Å². The molecule has 0 saturated heterocycles.